The molecule has 1 aliphatic rings. The summed E-state index contributed by atoms with van der Waals surface area (Å²) in [6, 6.07) is 6.82. The van der Waals surface area contributed by atoms with Crippen LogP contribution in [-0.4, -0.2) is 69.8 Å². The number of nitrogens with zero attached hydrogens (tertiary/aromatic N) is 1. The number of morpholine rings is 1. The van der Waals surface area contributed by atoms with Crippen LogP contribution in [0.4, 0.5) is 5.69 Å². The number of anilines is 1. The van der Waals surface area contributed by atoms with Crippen molar-refractivity contribution in [1.29, 1.82) is 0 Å². The second-order valence-electron chi connectivity index (χ2n) is 5.26. The molecule has 0 aromatic heterocycles. The Kier molecular flexibility index (Phi) is 6.99. The van der Waals surface area contributed by atoms with E-state index in [0.717, 1.165) is 13.1 Å². The number of amides is 2. The topological polar surface area (TPSA) is 79.9 Å². The first-order valence-corrected chi connectivity index (χ1v) is 7.66. The lowest BCUT2D eigenvalue weighted by molar-refractivity contribution is -0.118. The Morgan fingerprint density at radius 3 is 2.57 bits per heavy atom. The van der Waals surface area contributed by atoms with Gasteiger partial charge in [0.15, 0.2) is 0 Å². The fourth-order valence-corrected chi connectivity index (χ4v) is 2.24. The lowest BCUT2D eigenvalue weighted by Gasteiger charge is -2.25. The van der Waals surface area contributed by atoms with Gasteiger partial charge in [-0.25, -0.2) is 0 Å². The molecule has 2 N–H and O–H groups in total. The minimum absolute atomic E-state index is 0.0656. The van der Waals surface area contributed by atoms with E-state index >= 15 is 0 Å². The minimum atomic E-state index is -0.159. The second-order valence-corrected chi connectivity index (χ2v) is 5.26. The molecule has 7 nitrogen and oxygen atoms in total. The van der Waals surface area contributed by atoms with Crippen molar-refractivity contribution in [3.8, 4) is 0 Å². The van der Waals surface area contributed by atoms with E-state index in [1.165, 1.54) is 0 Å². The molecule has 2 rings (SSSR count). The minimum Gasteiger partial charge on any atom is -0.383 e. The van der Waals surface area contributed by atoms with Gasteiger partial charge in [0, 0.05) is 38.0 Å². The summed E-state index contributed by atoms with van der Waals surface area (Å²) < 4.78 is 10.1. The fourth-order valence-electron chi connectivity index (χ4n) is 2.24. The van der Waals surface area contributed by atoms with Gasteiger partial charge in [-0.15, -0.1) is 0 Å². The Labute approximate surface area is 135 Å². The predicted molar refractivity (Wildman–Crippen MR) is 86.5 cm³/mol. The van der Waals surface area contributed by atoms with E-state index in [0.29, 0.717) is 44.2 Å². The number of ether oxygens (including phenoxy) is 2. The summed E-state index contributed by atoms with van der Waals surface area (Å²) in [5, 5.41) is 5.58. The van der Waals surface area contributed by atoms with Crippen molar-refractivity contribution in [3.05, 3.63) is 29.8 Å². The van der Waals surface area contributed by atoms with E-state index in [2.05, 4.69) is 15.5 Å². The van der Waals surface area contributed by atoms with Crippen LogP contribution in [0.5, 0.6) is 0 Å². The maximum absolute atomic E-state index is 12.0. The predicted octanol–water partition coefficient (Wildman–Crippen LogP) is 0.334. The summed E-state index contributed by atoms with van der Waals surface area (Å²) in [7, 11) is 1.58. The molecule has 1 aliphatic heterocycles. The fraction of sp³-hybridized carbons (Fsp3) is 0.500. The van der Waals surface area contributed by atoms with Gasteiger partial charge in [-0.2, -0.15) is 0 Å². The van der Waals surface area contributed by atoms with Crippen molar-refractivity contribution in [1.82, 2.24) is 10.2 Å². The van der Waals surface area contributed by atoms with Crippen LogP contribution in [-0.2, 0) is 14.3 Å². The number of nitrogens with one attached hydrogen (secondary N) is 2. The van der Waals surface area contributed by atoms with Crippen molar-refractivity contribution in [2.45, 2.75) is 0 Å². The molecule has 126 valence electrons. The number of rotatable bonds is 7. The number of hydrogen-bond donors (Lipinski definition) is 2. The zero-order valence-electron chi connectivity index (χ0n) is 13.3. The van der Waals surface area contributed by atoms with Crippen LogP contribution < -0.4 is 10.6 Å². The SMILES string of the molecule is COCCNC(=O)c1ccc(NC(=O)CN2CCOCC2)cc1. The molecule has 1 heterocycles. The van der Waals surface area contributed by atoms with Crippen LogP contribution in [0.15, 0.2) is 24.3 Å². The normalized spacial score (nSPS) is 15.2. The molecule has 0 unspecified atom stereocenters. The van der Waals surface area contributed by atoms with Crippen molar-refractivity contribution in [2.75, 3.05) is 58.4 Å². The Hall–Kier alpha value is -1.96. The smallest absolute Gasteiger partial charge is 0.251 e. The van der Waals surface area contributed by atoms with Crippen LogP contribution in [0.25, 0.3) is 0 Å². The maximum Gasteiger partial charge on any atom is 0.251 e. The first-order valence-electron chi connectivity index (χ1n) is 7.66. The number of hydrogen-bond acceptors (Lipinski definition) is 5. The van der Waals surface area contributed by atoms with E-state index in [4.69, 9.17) is 9.47 Å². The van der Waals surface area contributed by atoms with Crippen molar-refractivity contribution in [3.63, 3.8) is 0 Å². The van der Waals surface area contributed by atoms with Crippen LogP contribution in [0, 0.1) is 0 Å². The molecule has 2 amide bonds. The third kappa shape index (κ3) is 5.97. The van der Waals surface area contributed by atoms with Crippen LogP contribution in [0.1, 0.15) is 10.4 Å². The lowest BCUT2D eigenvalue weighted by atomic mass is 10.2. The highest BCUT2D eigenvalue weighted by Crippen LogP contribution is 2.10. The van der Waals surface area contributed by atoms with Crippen molar-refractivity contribution < 1.29 is 19.1 Å². The average Bonchev–Trinajstić information content (AvgIpc) is 2.56. The van der Waals surface area contributed by atoms with Crippen molar-refractivity contribution in [2.24, 2.45) is 0 Å². The van der Waals surface area contributed by atoms with Gasteiger partial charge in [-0.1, -0.05) is 0 Å². The van der Waals surface area contributed by atoms with Gasteiger partial charge in [0.1, 0.15) is 0 Å². The van der Waals surface area contributed by atoms with Crippen LogP contribution >= 0.6 is 0 Å². The molecule has 0 atom stereocenters. The standard InChI is InChI=1S/C16H23N3O4/c1-22-9-6-17-16(21)13-2-4-14(5-3-13)18-15(20)12-19-7-10-23-11-8-19/h2-5H,6-12H2,1H3,(H,17,21)(H,18,20). The zero-order valence-corrected chi connectivity index (χ0v) is 13.3. The molecule has 0 aliphatic carbocycles. The molecule has 1 aromatic rings. The quantitative estimate of drug-likeness (QED) is 0.708. The average molecular weight is 321 g/mol. The van der Waals surface area contributed by atoms with E-state index in [1.54, 1.807) is 31.4 Å². The highest BCUT2D eigenvalue weighted by molar-refractivity contribution is 5.96. The lowest BCUT2D eigenvalue weighted by Crippen LogP contribution is -2.41. The molecule has 23 heavy (non-hydrogen) atoms. The molecule has 0 saturated carbocycles. The molecular weight excluding hydrogens is 298 g/mol. The molecule has 0 radical (unpaired) electrons. The summed E-state index contributed by atoms with van der Waals surface area (Å²) in [5.41, 5.74) is 1.23. The van der Waals surface area contributed by atoms with E-state index in [9.17, 15) is 9.59 Å². The zero-order chi connectivity index (χ0) is 16.5. The third-order valence-electron chi connectivity index (χ3n) is 3.49. The molecule has 1 fully saturated rings. The summed E-state index contributed by atoms with van der Waals surface area (Å²) in [6.07, 6.45) is 0. The van der Waals surface area contributed by atoms with Gasteiger partial charge in [-0.05, 0) is 24.3 Å². The number of methoxy groups -OCH3 is 1. The van der Waals surface area contributed by atoms with E-state index in [1.807, 2.05) is 0 Å². The summed E-state index contributed by atoms with van der Waals surface area (Å²) in [4.78, 5) is 25.9. The number of carbonyl (C=O) groups is 2. The largest absolute Gasteiger partial charge is 0.383 e. The molecule has 7 heteroatoms. The van der Waals surface area contributed by atoms with Crippen molar-refractivity contribution >= 4 is 17.5 Å². The first kappa shape index (κ1) is 17.4. The monoisotopic (exact) mass is 321 g/mol. The highest BCUT2D eigenvalue weighted by Gasteiger charge is 2.14. The molecule has 1 aromatic carbocycles. The Bertz CT molecular complexity index is 513. The third-order valence-corrected chi connectivity index (χ3v) is 3.49. The van der Waals surface area contributed by atoms with Gasteiger partial charge in [0.2, 0.25) is 5.91 Å². The summed E-state index contributed by atoms with van der Waals surface area (Å²) in [5.74, 6) is -0.225. The van der Waals surface area contributed by atoms with Crippen LogP contribution in [0.2, 0.25) is 0 Å². The van der Waals surface area contributed by atoms with Gasteiger partial charge in [0.25, 0.3) is 5.91 Å². The molecule has 1 saturated heterocycles. The number of benzene rings is 1. The van der Waals surface area contributed by atoms with Gasteiger partial charge in [-0.3, -0.25) is 14.5 Å². The molecule has 0 bridgehead atoms. The van der Waals surface area contributed by atoms with Gasteiger partial charge in [0.05, 0.1) is 26.4 Å². The highest BCUT2D eigenvalue weighted by atomic mass is 16.5. The first-order chi connectivity index (χ1) is 11.2. The Morgan fingerprint density at radius 2 is 1.91 bits per heavy atom. The molecular formula is C16H23N3O4. The van der Waals surface area contributed by atoms with Gasteiger partial charge >= 0.3 is 0 Å². The van der Waals surface area contributed by atoms with Gasteiger partial charge < -0.3 is 20.1 Å². The van der Waals surface area contributed by atoms with E-state index < -0.39 is 0 Å². The van der Waals surface area contributed by atoms with Crippen LogP contribution in [0.3, 0.4) is 0 Å². The van der Waals surface area contributed by atoms with E-state index in [-0.39, 0.29) is 11.8 Å². The molecule has 0 spiro atoms. The second kappa shape index (κ2) is 9.24. The Balaban J connectivity index is 1.79. The number of carbonyl (C=O) groups excluding carboxylic acids is 2. The maximum atomic E-state index is 12.0. The Morgan fingerprint density at radius 1 is 1.22 bits per heavy atom. The summed E-state index contributed by atoms with van der Waals surface area (Å²) in [6.45, 7) is 4.17. The summed E-state index contributed by atoms with van der Waals surface area (Å²) >= 11 is 0.